The molecule has 0 aliphatic carbocycles. The topological polar surface area (TPSA) is 63.7 Å². The summed E-state index contributed by atoms with van der Waals surface area (Å²) in [7, 11) is -2.38. The third-order valence-corrected chi connectivity index (χ3v) is 5.55. The highest BCUT2D eigenvalue weighted by atomic mass is 79.9. The molecular weight excluding hydrogens is 334 g/mol. The van der Waals surface area contributed by atoms with E-state index in [9.17, 15) is 13.2 Å². The molecule has 1 saturated heterocycles. The fourth-order valence-corrected chi connectivity index (χ4v) is 4.05. The number of hydrogen-bond donors (Lipinski definition) is 0. The second-order valence-electron chi connectivity index (χ2n) is 4.25. The SMILES string of the molecule is COC(=O)[C@@H]1CCCN1S(=O)(=O)c1ccc(Br)cc1. The number of benzene rings is 1. The number of sulfonamides is 1. The fraction of sp³-hybridized carbons (Fsp3) is 0.417. The van der Waals surface area contributed by atoms with E-state index in [4.69, 9.17) is 0 Å². The maximum atomic E-state index is 12.5. The third kappa shape index (κ3) is 2.82. The second kappa shape index (κ2) is 5.60. The zero-order valence-electron chi connectivity index (χ0n) is 10.4. The normalized spacial score (nSPS) is 20.4. The molecule has 0 spiro atoms. The summed E-state index contributed by atoms with van der Waals surface area (Å²) >= 11 is 3.26. The summed E-state index contributed by atoms with van der Waals surface area (Å²) in [6.07, 6.45) is 1.16. The molecule has 0 amide bonds. The predicted octanol–water partition coefficient (Wildman–Crippen LogP) is 1.78. The highest BCUT2D eigenvalue weighted by molar-refractivity contribution is 9.10. The predicted molar refractivity (Wildman–Crippen MR) is 73.1 cm³/mol. The molecule has 0 aromatic heterocycles. The minimum absolute atomic E-state index is 0.187. The van der Waals surface area contributed by atoms with Crippen molar-refractivity contribution in [3.05, 3.63) is 28.7 Å². The van der Waals surface area contributed by atoms with Crippen molar-refractivity contribution < 1.29 is 17.9 Å². The lowest BCUT2D eigenvalue weighted by Crippen LogP contribution is -2.40. The van der Waals surface area contributed by atoms with Crippen LogP contribution in [0.3, 0.4) is 0 Å². The van der Waals surface area contributed by atoms with Gasteiger partial charge in [-0.1, -0.05) is 15.9 Å². The second-order valence-corrected chi connectivity index (χ2v) is 7.06. The Hall–Kier alpha value is -0.920. The number of carbonyl (C=O) groups is 1. The van der Waals surface area contributed by atoms with Crippen LogP contribution in [0.5, 0.6) is 0 Å². The zero-order chi connectivity index (χ0) is 14.0. The summed E-state index contributed by atoms with van der Waals surface area (Å²) < 4.78 is 31.6. The summed E-state index contributed by atoms with van der Waals surface area (Å²) in [5.41, 5.74) is 0. The van der Waals surface area contributed by atoms with Crippen LogP contribution in [0.4, 0.5) is 0 Å². The molecule has 104 valence electrons. The van der Waals surface area contributed by atoms with Crippen LogP contribution in [0.2, 0.25) is 0 Å². The summed E-state index contributed by atoms with van der Waals surface area (Å²) in [6, 6.07) is 5.66. The average Bonchev–Trinajstić information content (AvgIpc) is 2.88. The van der Waals surface area contributed by atoms with E-state index < -0.39 is 22.0 Å². The van der Waals surface area contributed by atoms with Crippen LogP contribution >= 0.6 is 15.9 Å². The largest absolute Gasteiger partial charge is 0.468 e. The molecule has 2 rings (SSSR count). The Kier molecular flexibility index (Phi) is 4.27. The van der Waals surface area contributed by atoms with E-state index in [1.165, 1.54) is 23.5 Å². The fourth-order valence-electron chi connectivity index (χ4n) is 2.14. The molecule has 1 aromatic rings. The van der Waals surface area contributed by atoms with Crippen LogP contribution in [-0.2, 0) is 19.6 Å². The van der Waals surface area contributed by atoms with E-state index in [2.05, 4.69) is 20.7 Å². The van der Waals surface area contributed by atoms with E-state index in [1.807, 2.05) is 0 Å². The average molecular weight is 348 g/mol. The van der Waals surface area contributed by atoms with Gasteiger partial charge in [-0.05, 0) is 37.1 Å². The standard InChI is InChI=1S/C12H14BrNO4S/c1-18-12(15)11-3-2-8-14(11)19(16,17)10-6-4-9(13)5-7-10/h4-7,11H,2-3,8H2,1H3/t11-/m0/s1. The number of rotatable bonds is 3. The number of halogens is 1. The maximum Gasteiger partial charge on any atom is 0.324 e. The van der Waals surface area contributed by atoms with E-state index in [0.29, 0.717) is 19.4 Å². The van der Waals surface area contributed by atoms with Gasteiger partial charge in [-0.3, -0.25) is 4.79 Å². The lowest BCUT2D eigenvalue weighted by atomic mass is 10.2. The number of hydrogen-bond acceptors (Lipinski definition) is 4. The molecule has 1 aromatic carbocycles. The van der Waals surface area contributed by atoms with Crippen LogP contribution in [0.15, 0.2) is 33.6 Å². The Morgan fingerprint density at radius 1 is 1.37 bits per heavy atom. The van der Waals surface area contributed by atoms with Crippen molar-refractivity contribution in [1.82, 2.24) is 4.31 Å². The molecule has 1 aliphatic heterocycles. The van der Waals surface area contributed by atoms with E-state index >= 15 is 0 Å². The Balaban J connectivity index is 2.33. The number of ether oxygens (including phenoxy) is 1. The molecule has 0 saturated carbocycles. The van der Waals surface area contributed by atoms with Gasteiger partial charge < -0.3 is 4.74 Å². The van der Waals surface area contributed by atoms with E-state index in [0.717, 1.165) is 4.47 Å². The molecule has 7 heteroatoms. The lowest BCUT2D eigenvalue weighted by molar-refractivity contribution is -0.144. The first-order valence-electron chi connectivity index (χ1n) is 5.82. The third-order valence-electron chi connectivity index (χ3n) is 3.10. The van der Waals surface area contributed by atoms with Crippen molar-refractivity contribution in [3.8, 4) is 0 Å². The van der Waals surface area contributed by atoms with Crippen LogP contribution < -0.4 is 0 Å². The van der Waals surface area contributed by atoms with Gasteiger partial charge >= 0.3 is 5.97 Å². The molecule has 1 fully saturated rings. The van der Waals surface area contributed by atoms with Gasteiger partial charge in [0.1, 0.15) is 6.04 Å². The van der Waals surface area contributed by atoms with Crippen molar-refractivity contribution in [2.75, 3.05) is 13.7 Å². The monoisotopic (exact) mass is 347 g/mol. The summed E-state index contributed by atoms with van der Waals surface area (Å²) in [5.74, 6) is -0.502. The quantitative estimate of drug-likeness (QED) is 0.781. The first-order valence-corrected chi connectivity index (χ1v) is 8.05. The molecule has 5 nitrogen and oxygen atoms in total. The minimum atomic E-state index is -3.65. The molecule has 1 atom stereocenters. The molecule has 0 N–H and O–H groups in total. The van der Waals surface area contributed by atoms with Gasteiger partial charge in [0.05, 0.1) is 12.0 Å². The molecule has 1 aliphatic rings. The molecule has 0 bridgehead atoms. The van der Waals surface area contributed by atoms with Crippen molar-refractivity contribution in [1.29, 1.82) is 0 Å². The number of nitrogens with zero attached hydrogens (tertiary/aromatic N) is 1. The van der Waals surface area contributed by atoms with Crippen LogP contribution in [0.25, 0.3) is 0 Å². The zero-order valence-corrected chi connectivity index (χ0v) is 12.8. The van der Waals surface area contributed by atoms with Crippen molar-refractivity contribution >= 4 is 31.9 Å². The molecule has 19 heavy (non-hydrogen) atoms. The number of methoxy groups -OCH3 is 1. The van der Waals surface area contributed by atoms with E-state index in [1.54, 1.807) is 12.1 Å². The Morgan fingerprint density at radius 2 is 2.00 bits per heavy atom. The molecular formula is C12H14BrNO4S. The van der Waals surface area contributed by atoms with Crippen molar-refractivity contribution in [2.45, 2.75) is 23.8 Å². The summed E-state index contributed by atoms with van der Waals surface area (Å²) in [5, 5.41) is 0. The molecule has 0 unspecified atom stereocenters. The highest BCUT2D eigenvalue weighted by Crippen LogP contribution is 2.27. The van der Waals surface area contributed by atoms with Gasteiger partial charge in [0.15, 0.2) is 0 Å². The number of carbonyl (C=O) groups excluding carboxylic acids is 1. The lowest BCUT2D eigenvalue weighted by Gasteiger charge is -2.22. The van der Waals surface area contributed by atoms with Crippen molar-refractivity contribution in [2.24, 2.45) is 0 Å². The van der Waals surface area contributed by atoms with Gasteiger partial charge in [0.25, 0.3) is 0 Å². The smallest absolute Gasteiger partial charge is 0.324 e. The summed E-state index contributed by atoms with van der Waals surface area (Å²) in [4.78, 5) is 11.8. The van der Waals surface area contributed by atoms with Gasteiger partial charge in [-0.25, -0.2) is 8.42 Å². The Morgan fingerprint density at radius 3 is 2.58 bits per heavy atom. The van der Waals surface area contributed by atoms with Gasteiger partial charge in [-0.15, -0.1) is 0 Å². The van der Waals surface area contributed by atoms with Crippen LogP contribution in [0, 0.1) is 0 Å². The van der Waals surface area contributed by atoms with Crippen LogP contribution in [0.1, 0.15) is 12.8 Å². The van der Waals surface area contributed by atoms with E-state index in [-0.39, 0.29) is 4.90 Å². The summed E-state index contributed by atoms with van der Waals surface area (Å²) in [6.45, 7) is 0.345. The molecule has 1 heterocycles. The van der Waals surface area contributed by atoms with Crippen LogP contribution in [-0.4, -0.2) is 38.4 Å². The van der Waals surface area contributed by atoms with Gasteiger partial charge in [-0.2, -0.15) is 4.31 Å². The highest BCUT2D eigenvalue weighted by Gasteiger charge is 2.39. The molecule has 0 radical (unpaired) electrons. The van der Waals surface area contributed by atoms with Gasteiger partial charge in [0.2, 0.25) is 10.0 Å². The van der Waals surface area contributed by atoms with Crippen molar-refractivity contribution in [3.63, 3.8) is 0 Å². The number of esters is 1. The maximum absolute atomic E-state index is 12.5. The first kappa shape index (κ1) is 14.5. The Bertz CT molecular complexity index is 570. The Labute approximate surface area is 120 Å². The minimum Gasteiger partial charge on any atom is -0.468 e. The first-order chi connectivity index (χ1) is 8.96. The van der Waals surface area contributed by atoms with Gasteiger partial charge in [0, 0.05) is 11.0 Å².